The van der Waals surface area contributed by atoms with Gasteiger partial charge in [0.25, 0.3) is 0 Å². The summed E-state index contributed by atoms with van der Waals surface area (Å²) in [6.45, 7) is 6.21. The Balaban J connectivity index is 2.40. The van der Waals surface area contributed by atoms with E-state index >= 15 is 0 Å². The Morgan fingerprint density at radius 1 is 1.30 bits per heavy atom. The smallest absolute Gasteiger partial charge is 0.244 e. The second kappa shape index (κ2) is 5.62. The molecule has 4 heteroatoms. The van der Waals surface area contributed by atoms with Gasteiger partial charge in [0.05, 0.1) is 5.56 Å². The maximum absolute atomic E-state index is 8.97. The summed E-state index contributed by atoms with van der Waals surface area (Å²) in [6, 6.07) is 9.66. The maximum Gasteiger partial charge on any atom is 0.244 e. The topological polar surface area (TPSA) is 71.9 Å². The number of aromatic nitrogens is 1. The third kappa shape index (κ3) is 2.72. The second-order valence-electron chi connectivity index (χ2n) is 4.97. The van der Waals surface area contributed by atoms with Crippen molar-refractivity contribution in [1.82, 2.24) is 4.98 Å². The van der Waals surface area contributed by atoms with Gasteiger partial charge in [0.2, 0.25) is 5.88 Å². The summed E-state index contributed by atoms with van der Waals surface area (Å²) in [7, 11) is 0. The van der Waals surface area contributed by atoms with Crippen molar-refractivity contribution in [3.8, 4) is 17.7 Å². The predicted octanol–water partition coefficient (Wildman–Crippen LogP) is 3.76. The first-order valence-electron chi connectivity index (χ1n) is 6.46. The normalized spacial score (nSPS) is 10.3. The Hall–Kier alpha value is -2.54. The van der Waals surface area contributed by atoms with Gasteiger partial charge in [-0.2, -0.15) is 5.26 Å². The minimum Gasteiger partial charge on any atom is -0.437 e. The van der Waals surface area contributed by atoms with Crippen LogP contribution in [-0.2, 0) is 0 Å². The van der Waals surface area contributed by atoms with Crippen molar-refractivity contribution >= 4 is 5.69 Å². The fourth-order valence-corrected chi connectivity index (χ4v) is 1.82. The van der Waals surface area contributed by atoms with Gasteiger partial charge in [-0.1, -0.05) is 26.0 Å². The highest BCUT2D eigenvalue weighted by Crippen LogP contribution is 2.31. The molecule has 1 aromatic carbocycles. The number of nitrogens with two attached hydrogens (primary N) is 1. The molecule has 4 nitrogen and oxygen atoms in total. The third-order valence-corrected chi connectivity index (χ3v) is 3.16. The molecule has 0 unspecified atom stereocenters. The Morgan fingerprint density at radius 2 is 2.05 bits per heavy atom. The number of rotatable bonds is 3. The molecule has 0 saturated carbocycles. The second-order valence-corrected chi connectivity index (χ2v) is 4.97. The summed E-state index contributed by atoms with van der Waals surface area (Å²) in [6.07, 6.45) is 1.52. The first kappa shape index (κ1) is 13.9. The van der Waals surface area contributed by atoms with Crippen molar-refractivity contribution < 1.29 is 4.74 Å². The Bertz CT molecular complexity index is 672. The highest BCUT2D eigenvalue weighted by Gasteiger charge is 2.11. The van der Waals surface area contributed by atoms with E-state index in [1.807, 2.05) is 25.1 Å². The predicted molar refractivity (Wildman–Crippen MR) is 78.7 cm³/mol. The van der Waals surface area contributed by atoms with Crippen LogP contribution < -0.4 is 10.5 Å². The lowest BCUT2D eigenvalue weighted by Gasteiger charge is -2.13. The minimum atomic E-state index is 0.268. The van der Waals surface area contributed by atoms with Crippen LogP contribution in [0.25, 0.3) is 0 Å². The zero-order valence-electron chi connectivity index (χ0n) is 11.8. The first-order chi connectivity index (χ1) is 9.52. The molecule has 1 aromatic heterocycles. The van der Waals surface area contributed by atoms with Gasteiger partial charge in [0, 0.05) is 6.20 Å². The van der Waals surface area contributed by atoms with Crippen molar-refractivity contribution in [1.29, 1.82) is 5.26 Å². The largest absolute Gasteiger partial charge is 0.437 e. The van der Waals surface area contributed by atoms with E-state index in [9.17, 15) is 0 Å². The number of nitrogen functional groups attached to an aromatic ring is 1. The van der Waals surface area contributed by atoms with Gasteiger partial charge in [-0.05, 0) is 36.1 Å². The van der Waals surface area contributed by atoms with Crippen molar-refractivity contribution in [2.45, 2.75) is 26.7 Å². The van der Waals surface area contributed by atoms with E-state index in [1.165, 1.54) is 11.8 Å². The first-order valence-corrected chi connectivity index (χ1v) is 6.46. The van der Waals surface area contributed by atoms with E-state index in [-0.39, 0.29) is 11.6 Å². The van der Waals surface area contributed by atoms with Crippen LogP contribution in [-0.4, -0.2) is 4.98 Å². The number of anilines is 1. The summed E-state index contributed by atoms with van der Waals surface area (Å²) in [4.78, 5) is 4.10. The molecule has 0 aliphatic rings. The molecule has 0 saturated heterocycles. The third-order valence-electron chi connectivity index (χ3n) is 3.16. The van der Waals surface area contributed by atoms with E-state index < -0.39 is 0 Å². The lowest BCUT2D eigenvalue weighted by molar-refractivity contribution is 0.461. The zero-order chi connectivity index (χ0) is 14.7. The quantitative estimate of drug-likeness (QED) is 0.919. The number of benzene rings is 1. The Kier molecular flexibility index (Phi) is 3.90. The van der Waals surface area contributed by atoms with Crippen LogP contribution in [0.1, 0.15) is 36.5 Å². The zero-order valence-corrected chi connectivity index (χ0v) is 11.8. The van der Waals surface area contributed by atoms with E-state index in [2.05, 4.69) is 24.9 Å². The number of hydrogen-bond donors (Lipinski definition) is 1. The number of nitriles is 1. The molecule has 2 rings (SSSR count). The Labute approximate surface area is 118 Å². The molecule has 0 fully saturated rings. The van der Waals surface area contributed by atoms with E-state index in [1.54, 1.807) is 6.07 Å². The molecule has 0 bridgehead atoms. The van der Waals surface area contributed by atoms with E-state index in [0.29, 0.717) is 17.2 Å². The van der Waals surface area contributed by atoms with Crippen molar-refractivity contribution in [3.05, 3.63) is 47.2 Å². The number of pyridine rings is 1. The maximum atomic E-state index is 8.97. The molecule has 20 heavy (non-hydrogen) atoms. The van der Waals surface area contributed by atoms with Crippen LogP contribution in [0, 0.1) is 18.3 Å². The highest BCUT2D eigenvalue weighted by atomic mass is 16.5. The fraction of sp³-hybridized carbons (Fsp3) is 0.250. The molecule has 1 heterocycles. The summed E-state index contributed by atoms with van der Waals surface area (Å²) >= 11 is 0. The van der Waals surface area contributed by atoms with Gasteiger partial charge in [0.1, 0.15) is 17.5 Å². The van der Waals surface area contributed by atoms with Gasteiger partial charge in [-0.25, -0.2) is 4.98 Å². The SMILES string of the molecule is Cc1ccc(C(C)C)cc1Oc1nccc(C#N)c1N. The van der Waals surface area contributed by atoms with Crippen molar-refractivity contribution in [2.24, 2.45) is 0 Å². The van der Waals surface area contributed by atoms with E-state index in [4.69, 9.17) is 15.7 Å². The van der Waals surface area contributed by atoms with E-state index in [0.717, 1.165) is 5.56 Å². The van der Waals surface area contributed by atoms with Crippen LogP contribution >= 0.6 is 0 Å². The molecule has 102 valence electrons. The number of nitrogens with zero attached hydrogens (tertiary/aromatic N) is 2. The number of ether oxygens (including phenoxy) is 1. The molecular weight excluding hydrogens is 250 g/mol. The van der Waals surface area contributed by atoms with Gasteiger partial charge in [0.15, 0.2) is 0 Å². The lowest BCUT2D eigenvalue weighted by atomic mass is 10.0. The summed E-state index contributed by atoms with van der Waals surface area (Å²) < 4.78 is 5.79. The molecular formula is C16H17N3O. The average Bonchev–Trinajstić information content (AvgIpc) is 2.43. The van der Waals surface area contributed by atoms with Crippen LogP contribution in [0.4, 0.5) is 5.69 Å². The molecule has 0 aliphatic heterocycles. The standard InChI is InChI=1S/C16H17N3O/c1-10(2)12-5-4-11(3)14(8-12)20-16-15(18)13(9-17)6-7-19-16/h4-8,10H,18H2,1-3H3. The van der Waals surface area contributed by atoms with Gasteiger partial charge >= 0.3 is 0 Å². The van der Waals surface area contributed by atoms with Crippen LogP contribution in [0.15, 0.2) is 30.5 Å². The van der Waals surface area contributed by atoms with Crippen molar-refractivity contribution in [3.63, 3.8) is 0 Å². The highest BCUT2D eigenvalue weighted by molar-refractivity contribution is 5.61. The van der Waals surface area contributed by atoms with Gasteiger partial charge < -0.3 is 10.5 Å². The molecule has 0 atom stereocenters. The van der Waals surface area contributed by atoms with Gasteiger partial charge in [-0.15, -0.1) is 0 Å². The molecule has 0 amide bonds. The average molecular weight is 267 g/mol. The fourth-order valence-electron chi connectivity index (χ4n) is 1.82. The monoisotopic (exact) mass is 267 g/mol. The van der Waals surface area contributed by atoms with Crippen LogP contribution in [0.5, 0.6) is 11.6 Å². The Morgan fingerprint density at radius 3 is 2.70 bits per heavy atom. The van der Waals surface area contributed by atoms with Gasteiger partial charge in [-0.3, -0.25) is 0 Å². The number of aryl methyl sites for hydroxylation is 1. The summed E-state index contributed by atoms with van der Waals surface area (Å²) in [5.41, 5.74) is 8.69. The summed E-state index contributed by atoms with van der Waals surface area (Å²) in [5.74, 6) is 1.40. The van der Waals surface area contributed by atoms with Crippen molar-refractivity contribution in [2.75, 3.05) is 5.73 Å². The summed E-state index contributed by atoms with van der Waals surface area (Å²) in [5, 5.41) is 8.97. The molecule has 2 aromatic rings. The lowest BCUT2D eigenvalue weighted by Crippen LogP contribution is -1.99. The number of hydrogen-bond acceptors (Lipinski definition) is 4. The minimum absolute atomic E-state index is 0.268. The van der Waals surface area contributed by atoms with Crippen LogP contribution in [0.3, 0.4) is 0 Å². The van der Waals surface area contributed by atoms with Crippen LogP contribution in [0.2, 0.25) is 0 Å². The molecule has 2 N–H and O–H groups in total. The molecule has 0 aliphatic carbocycles. The molecule has 0 radical (unpaired) electrons. The molecule has 0 spiro atoms.